The second kappa shape index (κ2) is 1.94. The average Bonchev–Trinajstić information content (AvgIpc) is 2.49. The smallest absolute Gasteiger partial charge is 0.0206 e. The zero-order valence-electron chi connectivity index (χ0n) is 4.50. The van der Waals surface area contributed by atoms with E-state index < -0.39 is 0 Å². The van der Waals surface area contributed by atoms with Crippen LogP contribution in [-0.2, 0) is 0 Å². The lowest BCUT2D eigenvalue weighted by Crippen LogP contribution is -1.97. The standard InChI is InChI=1S/C7H7S/c1-2-4-6(3-1)7-5-8-7/h1-4,7H,5H2. The molecule has 1 aliphatic heterocycles. The largest absolute Gasteiger partial charge is 0.156 e. The van der Waals surface area contributed by atoms with Crippen LogP contribution in [0.2, 0.25) is 0 Å². The number of hydrogen-bond acceptors (Lipinski definition) is 1. The summed E-state index contributed by atoms with van der Waals surface area (Å²) in [5.74, 6) is 2.85. The molecule has 0 aromatic rings. The maximum Gasteiger partial charge on any atom is 0.0206 e. The van der Waals surface area contributed by atoms with E-state index in [4.69, 9.17) is 0 Å². The molecule has 1 heteroatoms. The molecule has 1 atom stereocenters. The van der Waals surface area contributed by atoms with E-state index in [2.05, 4.69) is 25.7 Å². The van der Waals surface area contributed by atoms with E-state index in [1.165, 1.54) is 11.7 Å². The summed E-state index contributed by atoms with van der Waals surface area (Å²) in [7, 11) is 0. The molecular formula is C7H7S. The molecule has 2 fully saturated rings. The minimum atomic E-state index is 0.852. The van der Waals surface area contributed by atoms with Crippen molar-refractivity contribution >= 4 is 11.8 Å². The second-order valence-corrected chi connectivity index (χ2v) is 3.28. The molecule has 1 unspecified atom stereocenters. The Hall–Kier alpha value is 0.350. The van der Waals surface area contributed by atoms with Crippen molar-refractivity contribution in [3.05, 3.63) is 31.6 Å². The Kier molecular flexibility index (Phi) is 1.25. The normalized spacial score (nSPS) is 38.2. The summed E-state index contributed by atoms with van der Waals surface area (Å²) in [5, 5.41) is 0.852. The Morgan fingerprint density at radius 2 is 2.00 bits per heavy atom. The minimum Gasteiger partial charge on any atom is -0.156 e. The Morgan fingerprint density at radius 3 is 2.50 bits per heavy atom. The van der Waals surface area contributed by atoms with Crippen LogP contribution < -0.4 is 0 Å². The van der Waals surface area contributed by atoms with Gasteiger partial charge in [0, 0.05) is 11.0 Å². The Labute approximate surface area is 55.0 Å². The van der Waals surface area contributed by atoms with Gasteiger partial charge in [0.05, 0.1) is 0 Å². The zero-order chi connectivity index (χ0) is 5.40. The van der Waals surface area contributed by atoms with Gasteiger partial charge < -0.3 is 0 Å². The highest BCUT2D eigenvalue weighted by Gasteiger charge is 2.34. The van der Waals surface area contributed by atoms with Gasteiger partial charge in [-0.1, -0.05) is 0 Å². The van der Waals surface area contributed by atoms with Crippen molar-refractivity contribution in [1.82, 2.24) is 0 Å². The van der Waals surface area contributed by atoms with Crippen molar-refractivity contribution in [3.8, 4) is 0 Å². The highest BCUT2D eigenvalue weighted by Crippen LogP contribution is 2.44. The molecule has 1 aliphatic carbocycles. The summed E-state index contributed by atoms with van der Waals surface area (Å²) in [6.45, 7) is 0. The quantitative estimate of drug-likeness (QED) is 0.476. The molecule has 0 N–H and O–H groups in total. The number of hydrogen-bond donors (Lipinski definition) is 0. The fourth-order valence-electron chi connectivity index (χ4n) is 0.844. The van der Waals surface area contributed by atoms with Gasteiger partial charge in [-0.25, -0.2) is 0 Å². The van der Waals surface area contributed by atoms with Crippen molar-refractivity contribution < 1.29 is 0 Å². The first kappa shape index (κ1) is 5.16. The highest BCUT2D eigenvalue weighted by molar-refractivity contribution is 8.07. The molecule has 0 aromatic heterocycles. The molecule has 2 rings (SSSR count). The summed E-state index contributed by atoms with van der Waals surface area (Å²) >= 11 is 2.03. The van der Waals surface area contributed by atoms with Crippen molar-refractivity contribution in [1.29, 1.82) is 0 Å². The third-order valence-corrected chi connectivity index (χ3v) is 2.33. The molecule has 8 heavy (non-hydrogen) atoms. The molecule has 41 valence electrons. The summed E-state index contributed by atoms with van der Waals surface area (Å²) in [6.07, 6.45) is 8.61. The van der Waals surface area contributed by atoms with Gasteiger partial charge in [0.25, 0.3) is 0 Å². The van der Waals surface area contributed by atoms with Crippen LogP contribution in [0.3, 0.4) is 0 Å². The third kappa shape index (κ3) is 0.883. The van der Waals surface area contributed by atoms with Gasteiger partial charge in [0.2, 0.25) is 0 Å². The first-order valence-corrected chi connectivity index (χ1v) is 3.85. The SMILES string of the molecule is [CH]1[CH][CH][C](C2CS2)[CH]1. The Balaban J connectivity index is 1.86. The third-order valence-electron chi connectivity index (χ3n) is 1.39. The predicted molar refractivity (Wildman–Crippen MR) is 36.7 cm³/mol. The molecule has 0 spiro atoms. The van der Waals surface area contributed by atoms with Crippen LogP contribution in [0, 0.1) is 31.6 Å². The molecule has 0 amide bonds. The van der Waals surface area contributed by atoms with Crippen LogP contribution in [0.4, 0.5) is 0 Å². The van der Waals surface area contributed by atoms with E-state index in [0.29, 0.717) is 0 Å². The highest BCUT2D eigenvalue weighted by atomic mass is 32.2. The van der Waals surface area contributed by atoms with E-state index >= 15 is 0 Å². The summed E-state index contributed by atoms with van der Waals surface area (Å²) in [6, 6.07) is 0. The van der Waals surface area contributed by atoms with E-state index in [9.17, 15) is 0 Å². The van der Waals surface area contributed by atoms with Crippen LogP contribution >= 0.6 is 11.8 Å². The fraction of sp³-hybridized carbons (Fsp3) is 0.286. The maximum absolute atomic E-state index is 2.20. The van der Waals surface area contributed by atoms with Gasteiger partial charge in [-0.15, -0.1) is 0 Å². The van der Waals surface area contributed by atoms with Gasteiger partial charge in [0.1, 0.15) is 0 Å². The van der Waals surface area contributed by atoms with E-state index in [1.807, 2.05) is 11.8 Å². The van der Waals surface area contributed by atoms with Gasteiger partial charge in [0.15, 0.2) is 0 Å². The van der Waals surface area contributed by atoms with Crippen molar-refractivity contribution in [2.75, 3.05) is 5.75 Å². The molecule has 1 saturated carbocycles. The topological polar surface area (TPSA) is 0 Å². The molecule has 1 saturated heterocycles. The van der Waals surface area contributed by atoms with Gasteiger partial charge in [-0.05, 0) is 31.6 Å². The molecule has 0 aromatic carbocycles. The van der Waals surface area contributed by atoms with Crippen LogP contribution in [0.5, 0.6) is 0 Å². The molecule has 2 aliphatic rings. The van der Waals surface area contributed by atoms with Crippen LogP contribution in [0.15, 0.2) is 0 Å². The lowest BCUT2D eigenvalue weighted by Gasteiger charge is -1.99. The minimum absolute atomic E-state index is 0.852. The first-order valence-electron chi connectivity index (χ1n) is 2.80. The number of rotatable bonds is 1. The molecular weight excluding hydrogens is 116 g/mol. The lowest BCUT2D eigenvalue weighted by molar-refractivity contribution is 1.12. The fourth-order valence-corrected chi connectivity index (χ4v) is 1.48. The molecule has 0 nitrogen and oxygen atoms in total. The molecule has 0 bridgehead atoms. The van der Waals surface area contributed by atoms with E-state index in [1.54, 1.807) is 0 Å². The van der Waals surface area contributed by atoms with Crippen LogP contribution in [0.25, 0.3) is 0 Å². The number of thioether (sulfide) groups is 1. The summed E-state index contributed by atoms with van der Waals surface area (Å²) in [4.78, 5) is 0. The lowest BCUT2D eigenvalue weighted by atomic mass is 10.1. The van der Waals surface area contributed by atoms with Gasteiger partial charge in [-0.2, -0.15) is 11.8 Å². The monoisotopic (exact) mass is 123 g/mol. The van der Waals surface area contributed by atoms with Gasteiger partial charge >= 0.3 is 0 Å². The molecule has 1 heterocycles. The summed E-state index contributed by atoms with van der Waals surface area (Å²) < 4.78 is 0. The van der Waals surface area contributed by atoms with Crippen LogP contribution in [-0.4, -0.2) is 11.0 Å². The predicted octanol–water partition coefficient (Wildman–Crippen LogP) is 1.51. The van der Waals surface area contributed by atoms with Crippen molar-refractivity contribution in [3.63, 3.8) is 0 Å². The first-order chi connectivity index (χ1) is 3.97. The summed E-state index contributed by atoms with van der Waals surface area (Å²) in [5.41, 5.74) is 0. The average molecular weight is 123 g/mol. The van der Waals surface area contributed by atoms with Crippen molar-refractivity contribution in [2.45, 2.75) is 5.25 Å². The maximum atomic E-state index is 2.20. The van der Waals surface area contributed by atoms with E-state index in [-0.39, 0.29) is 0 Å². The Morgan fingerprint density at radius 1 is 1.38 bits per heavy atom. The molecule has 5 radical (unpaired) electrons. The van der Waals surface area contributed by atoms with E-state index in [0.717, 1.165) is 5.25 Å². The van der Waals surface area contributed by atoms with Gasteiger partial charge in [-0.3, -0.25) is 0 Å². The van der Waals surface area contributed by atoms with Crippen LogP contribution in [0.1, 0.15) is 0 Å². The zero-order valence-corrected chi connectivity index (χ0v) is 5.32. The second-order valence-electron chi connectivity index (χ2n) is 2.04. The Bertz CT molecular complexity index is 80.4. The van der Waals surface area contributed by atoms with Crippen molar-refractivity contribution in [2.24, 2.45) is 0 Å².